The Labute approximate surface area is 142 Å². The van der Waals surface area contributed by atoms with Crippen LogP contribution in [0.3, 0.4) is 0 Å². The molecule has 2 bridgehead atoms. The molecule has 2 aromatic carbocycles. The van der Waals surface area contributed by atoms with Crippen LogP contribution in [0, 0.1) is 12.7 Å². The van der Waals surface area contributed by atoms with Crippen molar-refractivity contribution in [1.82, 2.24) is 4.90 Å². The highest BCUT2D eigenvalue weighted by Crippen LogP contribution is 2.34. The highest BCUT2D eigenvalue weighted by molar-refractivity contribution is 5.68. The van der Waals surface area contributed by atoms with Crippen molar-refractivity contribution in [2.24, 2.45) is 0 Å². The van der Waals surface area contributed by atoms with Crippen molar-refractivity contribution in [3.8, 4) is 0 Å². The second-order valence-corrected chi connectivity index (χ2v) is 6.78. The number of hydrogen-bond donors (Lipinski definition) is 0. The number of benzene rings is 2. The van der Waals surface area contributed by atoms with E-state index >= 15 is 0 Å². The molecule has 0 aliphatic carbocycles. The summed E-state index contributed by atoms with van der Waals surface area (Å²) in [6, 6.07) is 16.8. The Balaban J connectivity index is 1.61. The van der Waals surface area contributed by atoms with Crippen molar-refractivity contribution in [1.29, 1.82) is 0 Å². The van der Waals surface area contributed by atoms with Gasteiger partial charge in [0.25, 0.3) is 0 Å². The average Bonchev–Trinajstić information content (AvgIpc) is 2.58. The topological polar surface area (TPSA) is 12.5 Å². The van der Waals surface area contributed by atoms with Gasteiger partial charge in [0.1, 0.15) is 5.82 Å². The van der Waals surface area contributed by atoms with Crippen LogP contribution in [0.25, 0.3) is 5.57 Å². The molecule has 2 aliphatic rings. The third-order valence-corrected chi connectivity index (χ3v) is 5.09. The summed E-state index contributed by atoms with van der Waals surface area (Å²) in [7, 11) is 0. The van der Waals surface area contributed by atoms with E-state index in [1.807, 2.05) is 18.2 Å². The largest absolute Gasteiger partial charge is 0.378 e. The van der Waals surface area contributed by atoms with E-state index in [-0.39, 0.29) is 11.9 Å². The lowest BCUT2D eigenvalue weighted by molar-refractivity contribution is -0.0402. The summed E-state index contributed by atoms with van der Waals surface area (Å²) in [5, 5.41) is 0. The number of hydrogen-bond acceptors (Lipinski definition) is 2. The van der Waals surface area contributed by atoms with Crippen LogP contribution in [0.15, 0.2) is 54.6 Å². The minimum atomic E-state index is -0.124. The molecule has 0 spiro atoms. The van der Waals surface area contributed by atoms with Crippen LogP contribution in [-0.4, -0.2) is 30.2 Å². The van der Waals surface area contributed by atoms with E-state index in [0.717, 1.165) is 25.1 Å². The predicted octanol–water partition coefficient (Wildman–Crippen LogP) is 4.19. The molecule has 4 rings (SSSR count). The van der Waals surface area contributed by atoms with E-state index in [1.165, 1.54) is 11.1 Å². The normalized spacial score (nSPS) is 23.8. The van der Waals surface area contributed by atoms with Crippen molar-refractivity contribution in [3.63, 3.8) is 0 Å². The van der Waals surface area contributed by atoms with Gasteiger partial charge in [0.2, 0.25) is 0 Å². The van der Waals surface area contributed by atoms with Crippen molar-refractivity contribution in [2.45, 2.75) is 32.0 Å². The summed E-state index contributed by atoms with van der Waals surface area (Å²) in [6.45, 7) is 4.19. The van der Waals surface area contributed by atoms with E-state index in [1.54, 1.807) is 13.0 Å². The quantitative estimate of drug-likeness (QED) is 0.840. The molecule has 0 amide bonds. The first-order valence-electron chi connectivity index (χ1n) is 8.55. The SMILES string of the molecule is Cc1ccc(C2=CC3COCC(C2)N3Cc2ccccc2)cc1F. The molecule has 0 N–H and O–H groups in total. The summed E-state index contributed by atoms with van der Waals surface area (Å²) >= 11 is 0. The molecule has 24 heavy (non-hydrogen) atoms. The number of rotatable bonds is 3. The summed E-state index contributed by atoms with van der Waals surface area (Å²) < 4.78 is 19.7. The lowest BCUT2D eigenvalue weighted by atomic mass is 9.89. The van der Waals surface area contributed by atoms with Crippen molar-refractivity contribution in [2.75, 3.05) is 13.2 Å². The van der Waals surface area contributed by atoms with E-state index < -0.39 is 0 Å². The Morgan fingerprint density at radius 1 is 1.12 bits per heavy atom. The molecular formula is C21H22FNO. The predicted molar refractivity (Wildman–Crippen MR) is 94.1 cm³/mol. The molecule has 3 heteroatoms. The highest BCUT2D eigenvalue weighted by Gasteiger charge is 2.34. The van der Waals surface area contributed by atoms with E-state index in [9.17, 15) is 4.39 Å². The maximum Gasteiger partial charge on any atom is 0.126 e. The third kappa shape index (κ3) is 3.02. The molecule has 2 nitrogen and oxygen atoms in total. The van der Waals surface area contributed by atoms with Gasteiger partial charge < -0.3 is 4.74 Å². The standard InChI is InChI=1S/C21H22FNO/c1-15-7-8-17(11-21(15)22)18-9-19-13-24-14-20(10-18)23(19)12-16-5-3-2-4-6-16/h2-9,11,19-20H,10,12-14H2,1H3. The molecule has 124 valence electrons. The van der Waals surface area contributed by atoms with Gasteiger partial charge in [0, 0.05) is 12.6 Å². The summed E-state index contributed by atoms with van der Waals surface area (Å²) in [6.07, 6.45) is 3.18. The van der Waals surface area contributed by atoms with Gasteiger partial charge in [-0.1, -0.05) is 48.5 Å². The monoisotopic (exact) mass is 323 g/mol. The molecule has 2 unspecified atom stereocenters. The molecule has 0 saturated carbocycles. The zero-order valence-electron chi connectivity index (χ0n) is 13.9. The molecule has 2 aromatic rings. The fourth-order valence-corrected chi connectivity index (χ4v) is 3.71. The molecule has 0 radical (unpaired) electrons. The van der Waals surface area contributed by atoms with E-state index in [2.05, 4.69) is 35.2 Å². The zero-order chi connectivity index (χ0) is 16.5. The van der Waals surface area contributed by atoms with Gasteiger partial charge in [-0.25, -0.2) is 4.39 Å². The maximum absolute atomic E-state index is 13.9. The maximum atomic E-state index is 13.9. The van der Waals surface area contributed by atoms with Crippen LogP contribution in [0.5, 0.6) is 0 Å². The summed E-state index contributed by atoms with van der Waals surface area (Å²) in [4.78, 5) is 2.52. The van der Waals surface area contributed by atoms with Crippen LogP contribution in [0.2, 0.25) is 0 Å². The zero-order valence-corrected chi connectivity index (χ0v) is 13.9. The Bertz CT molecular complexity index is 756. The van der Waals surface area contributed by atoms with Gasteiger partial charge in [0.15, 0.2) is 0 Å². The lowest BCUT2D eigenvalue weighted by Crippen LogP contribution is -2.53. The number of halogens is 1. The average molecular weight is 323 g/mol. The summed E-state index contributed by atoms with van der Waals surface area (Å²) in [5.41, 5.74) is 4.28. The smallest absolute Gasteiger partial charge is 0.126 e. The van der Waals surface area contributed by atoms with Gasteiger partial charge in [-0.05, 0) is 41.7 Å². The molecule has 1 fully saturated rings. The Kier molecular flexibility index (Phi) is 4.21. The fourth-order valence-electron chi connectivity index (χ4n) is 3.71. The number of fused-ring (bicyclic) bond motifs is 2. The molecule has 1 saturated heterocycles. The molecule has 2 heterocycles. The van der Waals surface area contributed by atoms with Crippen LogP contribution >= 0.6 is 0 Å². The number of morpholine rings is 1. The van der Waals surface area contributed by atoms with Crippen LogP contribution in [0.1, 0.15) is 23.1 Å². The van der Waals surface area contributed by atoms with Crippen LogP contribution in [-0.2, 0) is 11.3 Å². The molecule has 0 aromatic heterocycles. The minimum Gasteiger partial charge on any atom is -0.378 e. The molecule has 2 atom stereocenters. The minimum absolute atomic E-state index is 0.124. The van der Waals surface area contributed by atoms with Crippen LogP contribution in [0.4, 0.5) is 4.39 Å². The highest BCUT2D eigenvalue weighted by atomic mass is 19.1. The van der Waals surface area contributed by atoms with Gasteiger partial charge >= 0.3 is 0 Å². The van der Waals surface area contributed by atoms with E-state index in [0.29, 0.717) is 18.2 Å². The molecular weight excluding hydrogens is 301 g/mol. The number of ether oxygens (including phenoxy) is 1. The van der Waals surface area contributed by atoms with Crippen molar-refractivity contribution in [3.05, 3.63) is 77.1 Å². The van der Waals surface area contributed by atoms with Crippen LogP contribution < -0.4 is 0 Å². The van der Waals surface area contributed by atoms with Gasteiger partial charge in [-0.3, -0.25) is 4.90 Å². The summed E-state index contributed by atoms with van der Waals surface area (Å²) in [5.74, 6) is -0.124. The van der Waals surface area contributed by atoms with Gasteiger partial charge in [-0.15, -0.1) is 0 Å². The van der Waals surface area contributed by atoms with Gasteiger partial charge in [-0.2, -0.15) is 0 Å². The Morgan fingerprint density at radius 3 is 2.71 bits per heavy atom. The Morgan fingerprint density at radius 2 is 1.96 bits per heavy atom. The lowest BCUT2D eigenvalue weighted by Gasteiger charge is -2.44. The third-order valence-electron chi connectivity index (χ3n) is 5.09. The number of nitrogens with zero attached hydrogens (tertiary/aromatic N) is 1. The first-order chi connectivity index (χ1) is 11.7. The number of aryl methyl sites for hydroxylation is 1. The fraction of sp³-hybridized carbons (Fsp3) is 0.333. The Hall–Kier alpha value is -1.97. The second kappa shape index (κ2) is 6.50. The second-order valence-electron chi connectivity index (χ2n) is 6.78. The van der Waals surface area contributed by atoms with Crippen molar-refractivity contribution < 1.29 is 9.13 Å². The van der Waals surface area contributed by atoms with Gasteiger partial charge in [0.05, 0.1) is 19.3 Å². The van der Waals surface area contributed by atoms with Crippen molar-refractivity contribution >= 4 is 5.57 Å². The molecule has 2 aliphatic heterocycles. The van der Waals surface area contributed by atoms with E-state index in [4.69, 9.17) is 4.74 Å². The first-order valence-corrected chi connectivity index (χ1v) is 8.55. The first kappa shape index (κ1) is 15.6.